The van der Waals surface area contributed by atoms with Gasteiger partial charge in [-0.05, 0) is 55.8 Å². The van der Waals surface area contributed by atoms with Crippen LogP contribution in [-0.4, -0.2) is 30.5 Å². The summed E-state index contributed by atoms with van der Waals surface area (Å²) in [4.78, 5) is 16.7. The van der Waals surface area contributed by atoms with Gasteiger partial charge in [-0.3, -0.25) is 4.79 Å². The summed E-state index contributed by atoms with van der Waals surface area (Å²) in [6, 6.07) is 13.5. The molecule has 2 aromatic carbocycles. The minimum atomic E-state index is -0.319. The number of hydrogen-bond donors (Lipinski definition) is 1. The van der Waals surface area contributed by atoms with Gasteiger partial charge in [0.25, 0.3) is 5.91 Å². The van der Waals surface area contributed by atoms with Crippen molar-refractivity contribution in [2.24, 2.45) is 0 Å². The van der Waals surface area contributed by atoms with Crippen LogP contribution in [0.3, 0.4) is 0 Å². The topological polar surface area (TPSA) is 77.6 Å². The van der Waals surface area contributed by atoms with Crippen LogP contribution < -0.4 is 5.32 Å². The van der Waals surface area contributed by atoms with Crippen LogP contribution in [0.25, 0.3) is 11.4 Å². The van der Waals surface area contributed by atoms with E-state index in [0.717, 1.165) is 11.3 Å². The first-order chi connectivity index (χ1) is 14.0. The molecule has 0 fully saturated rings. The molecule has 4 rings (SSSR count). The summed E-state index contributed by atoms with van der Waals surface area (Å²) in [5.74, 6) is -0.538. The van der Waals surface area contributed by atoms with E-state index in [1.165, 1.54) is 24.7 Å². The van der Waals surface area contributed by atoms with E-state index in [-0.39, 0.29) is 17.8 Å². The lowest BCUT2D eigenvalue weighted by atomic mass is 10.1. The zero-order valence-electron chi connectivity index (χ0n) is 16.0. The van der Waals surface area contributed by atoms with E-state index < -0.39 is 0 Å². The smallest absolute Gasteiger partial charge is 0.255 e. The van der Waals surface area contributed by atoms with E-state index in [1.807, 2.05) is 38.1 Å². The van der Waals surface area contributed by atoms with Gasteiger partial charge in [0.1, 0.15) is 18.5 Å². The standard InChI is InChI=1S/C21H19FN6O/c1-14(16-3-7-18(8-4-16)27-13-23-12-25-27)26-21(29)20-11-24-28(15(20)2)19-9-5-17(22)6-10-19/h3-14H,1-2H3,(H,26,29). The number of aromatic nitrogens is 5. The summed E-state index contributed by atoms with van der Waals surface area (Å²) in [7, 11) is 0. The molecular formula is C21H19FN6O. The number of amides is 1. The van der Waals surface area contributed by atoms with Gasteiger partial charge in [0.05, 0.1) is 34.9 Å². The van der Waals surface area contributed by atoms with Gasteiger partial charge >= 0.3 is 0 Å². The minimum absolute atomic E-state index is 0.194. The Kier molecular flexibility index (Phi) is 4.90. The molecule has 0 aliphatic rings. The molecule has 0 bridgehead atoms. The summed E-state index contributed by atoms with van der Waals surface area (Å²) >= 11 is 0. The van der Waals surface area contributed by atoms with Crippen molar-refractivity contribution >= 4 is 5.91 Å². The monoisotopic (exact) mass is 390 g/mol. The molecule has 0 aliphatic heterocycles. The van der Waals surface area contributed by atoms with Gasteiger partial charge in [-0.1, -0.05) is 12.1 Å². The number of halogens is 1. The summed E-state index contributed by atoms with van der Waals surface area (Å²) in [6.45, 7) is 3.73. The Morgan fingerprint density at radius 1 is 1.03 bits per heavy atom. The lowest BCUT2D eigenvalue weighted by molar-refractivity contribution is 0.0939. The van der Waals surface area contributed by atoms with Crippen LogP contribution in [0.5, 0.6) is 0 Å². The SMILES string of the molecule is Cc1c(C(=O)NC(C)c2ccc(-n3cncn3)cc2)cnn1-c1ccc(F)cc1. The van der Waals surface area contributed by atoms with E-state index in [2.05, 4.69) is 20.5 Å². The van der Waals surface area contributed by atoms with Crippen LogP contribution >= 0.6 is 0 Å². The van der Waals surface area contributed by atoms with Crippen molar-refractivity contribution in [3.63, 3.8) is 0 Å². The highest BCUT2D eigenvalue weighted by atomic mass is 19.1. The maximum absolute atomic E-state index is 13.1. The number of nitrogens with one attached hydrogen (secondary N) is 1. The average molecular weight is 390 g/mol. The highest BCUT2D eigenvalue weighted by Crippen LogP contribution is 2.18. The summed E-state index contributed by atoms with van der Waals surface area (Å²) in [5, 5.41) is 11.4. The van der Waals surface area contributed by atoms with Crippen molar-refractivity contribution in [3.05, 3.63) is 90.0 Å². The van der Waals surface area contributed by atoms with Crippen molar-refractivity contribution < 1.29 is 9.18 Å². The highest BCUT2D eigenvalue weighted by molar-refractivity contribution is 5.95. The lowest BCUT2D eigenvalue weighted by Crippen LogP contribution is -2.27. The third kappa shape index (κ3) is 3.77. The van der Waals surface area contributed by atoms with Crippen molar-refractivity contribution in [3.8, 4) is 11.4 Å². The molecule has 1 atom stereocenters. The molecule has 2 aromatic heterocycles. The molecule has 0 saturated heterocycles. The van der Waals surface area contributed by atoms with E-state index in [4.69, 9.17) is 0 Å². The van der Waals surface area contributed by atoms with Crippen LogP contribution in [-0.2, 0) is 0 Å². The molecule has 1 amide bonds. The molecule has 0 radical (unpaired) electrons. The Labute approximate surface area is 166 Å². The van der Waals surface area contributed by atoms with Gasteiger partial charge in [-0.15, -0.1) is 0 Å². The fourth-order valence-electron chi connectivity index (χ4n) is 3.09. The number of hydrogen-bond acceptors (Lipinski definition) is 4. The first-order valence-electron chi connectivity index (χ1n) is 9.09. The van der Waals surface area contributed by atoms with Gasteiger partial charge < -0.3 is 5.32 Å². The largest absolute Gasteiger partial charge is 0.345 e. The Bertz CT molecular complexity index is 1120. The fourth-order valence-corrected chi connectivity index (χ4v) is 3.09. The molecule has 4 aromatic rings. The third-order valence-electron chi connectivity index (χ3n) is 4.75. The maximum atomic E-state index is 13.1. The van der Waals surface area contributed by atoms with E-state index in [9.17, 15) is 9.18 Å². The van der Waals surface area contributed by atoms with Gasteiger partial charge in [0.2, 0.25) is 0 Å². The fraction of sp³-hybridized carbons (Fsp3) is 0.143. The second kappa shape index (κ2) is 7.67. The third-order valence-corrected chi connectivity index (χ3v) is 4.75. The quantitative estimate of drug-likeness (QED) is 0.567. The predicted molar refractivity (Wildman–Crippen MR) is 105 cm³/mol. The number of nitrogens with zero attached hydrogens (tertiary/aromatic N) is 5. The van der Waals surface area contributed by atoms with Gasteiger partial charge in [0, 0.05) is 0 Å². The van der Waals surface area contributed by atoms with Crippen molar-refractivity contribution in [1.29, 1.82) is 0 Å². The van der Waals surface area contributed by atoms with Crippen molar-refractivity contribution in [1.82, 2.24) is 29.9 Å². The van der Waals surface area contributed by atoms with Crippen LogP contribution in [0.1, 0.15) is 34.6 Å². The molecular weight excluding hydrogens is 371 g/mol. The predicted octanol–water partition coefficient (Wildman–Crippen LogP) is 3.39. The summed E-state index contributed by atoms with van der Waals surface area (Å²) < 4.78 is 16.4. The van der Waals surface area contributed by atoms with Crippen LogP contribution in [0.4, 0.5) is 4.39 Å². The molecule has 0 spiro atoms. The molecule has 146 valence electrons. The Morgan fingerprint density at radius 2 is 1.72 bits per heavy atom. The number of rotatable bonds is 5. The Hall–Kier alpha value is -3.81. The minimum Gasteiger partial charge on any atom is -0.345 e. The summed E-state index contributed by atoms with van der Waals surface area (Å²) in [5.41, 5.74) is 3.70. The second-order valence-electron chi connectivity index (χ2n) is 6.66. The van der Waals surface area contributed by atoms with E-state index >= 15 is 0 Å². The van der Waals surface area contributed by atoms with Gasteiger partial charge in [-0.2, -0.15) is 10.2 Å². The lowest BCUT2D eigenvalue weighted by Gasteiger charge is -2.15. The normalized spacial score (nSPS) is 12.0. The zero-order chi connectivity index (χ0) is 20.4. The molecule has 7 nitrogen and oxygen atoms in total. The van der Waals surface area contributed by atoms with Gasteiger partial charge in [0.15, 0.2) is 0 Å². The number of carbonyl (C=O) groups excluding carboxylic acids is 1. The Balaban J connectivity index is 1.48. The molecule has 29 heavy (non-hydrogen) atoms. The second-order valence-corrected chi connectivity index (χ2v) is 6.66. The highest BCUT2D eigenvalue weighted by Gasteiger charge is 2.18. The van der Waals surface area contributed by atoms with E-state index in [1.54, 1.807) is 27.8 Å². The average Bonchev–Trinajstić information content (AvgIpc) is 3.39. The first kappa shape index (κ1) is 18.5. The number of carbonyl (C=O) groups is 1. The molecule has 2 heterocycles. The Morgan fingerprint density at radius 3 is 2.38 bits per heavy atom. The molecule has 8 heteroatoms. The molecule has 1 N–H and O–H groups in total. The van der Waals surface area contributed by atoms with Crippen molar-refractivity contribution in [2.45, 2.75) is 19.9 Å². The first-order valence-corrected chi connectivity index (χ1v) is 9.09. The van der Waals surface area contributed by atoms with Crippen molar-refractivity contribution in [2.75, 3.05) is 0 Å². The summed E-state index contributed by atoms with van der Waals surface area (Å²) in [6.07, 6.45) is 4.63. The zero-order valence-corrected chi connectivity index (χ0v) is 16.0. The van der Waals surface area contributed by atoms with Crippen LogP contribution in [0.15, 0.2) is 67.4 Å². The number of benzene rings is 2. The maximum Gasteiger partial charge on any atom is 0.255 e. The molecule has 1 unspecified atom stereocenters. The van der Waals surface area contributed by atoms with Crippen LogP contribution in [0.2, 0.25) is 0 Å². The van der Waals surface area contributed by atoms with E-state index in [0.29, 0.717) is 16.9 Å². The molecule has 0 aliphatic carbocycles. The molecule has 0 saturated carbocycles. The van der Waals surface area contributed by atoms with Gasteiger partial charge in [-0.25, -0.2) is 18.7 Å². The van der Waals surface area contributed by atoms with Crippen LogP contribution in [0, 0.1) is 12.7 Å².